The molecule has 0 aliphatic rings. The Morgan fingerprint density at radius 3 is 2.74 bits per heavy atom. The second kappa shape index (κ2) is 9.18. The van der Waals surface area contributed by atoms with Crippen LogP contribution in [0.15, 0.2) is 75.9 Å². The van der Waals surface area contributed by atoms with E-state index in [9.17, 15) is 4.79 Å². The topological polar surface area (TPSA) is 98.7 Å². The molecule has 0 saturated carbocycles. The molecule has 0 bridgehead atoms. The van der Waals surface area contributed by atoms with E-state index >= 15 is 0 Å². The Balaban J connectivity index is 1.39. The molecule has 34 heavy (non-hydrogen) atoms. The molecule has 1 N–H and O–H groups in total. The molecule has 5 aromatic rings. The van der Waals surface area contributed by atoms with E-state index in [0.29, 0.717) is 29.3 Å². The average Bonchev–Trinajstić information content (AvgIpc) is 3.48. The summed E-state index contributed by atoms with van der Waals surface area (Å²) in [6.45, 7) is 3.86. The number of rotatable bonds is 6. The minimum atomic E-state index is -0.402. The molecular weight excluding hydrogens is 496 g/mol. The van der Waals surface area contributed by atoms with Crippen LogP contribution in [0.5, 0.6) is 0 Å². The highest BCUT2D eigenvalue weighted by Gasteiger charge is 2.21. The summed E-state index contributed by atoms with van der Waals surface area (Å²) in [5.74, 6) is 0.561. The summed E-state index contributed by atoms with van der Waals surface area (Å²) in [4.78, 5) is 22.1. The largest absolute Gasteiger partial charge is 0.342 e. The van der Waals surface area contributed by atoms with Gasteiger partial charge in [-0.15, -0.1) is 0 Å². The van der Waals surface area contributed by atoms with E-state index in [4.69, 9.17) is 4.52 Å². The first-order valence-electron chi connectivity index (χ1n) is 10.8. The van der Waals surface area contributed by atoms with Gasteiger partial charge in [0.2, 0.25) is 0 Å². The molecule has 5 rings (SSSR count). The number of nitrogens with one attached hydrogen (secondary N) is 1. The van der Waals surface area contributed by atoms with Gasteiger partial charge in [-0.2, -0.15) is 10.1 Å². The number of amides is 1. The molecule has 0 spiro atoms. The predicted octanol–water partition coefficient (Wildman–Crippen LogP) is 5.42. The van der Waals surface area contributed by atoms with Crippen molar-refractivity contribution in [1.82, 2.24) is 30.2 Å². The molecule has 170 valence electrons. The lowest BCUT2D eigenvalue weighted by atomic mass is 10.1. The average molecular weight is 517 g/mol. The number of aryl methyl sites for hydroxylation is 1. The molecule has 0 fully saturated rings. The smallest absolute Gasteiger partial charge is 0.258 e. The number of carbonyl (C=O) groups excluding carboxylic acids is 1. The van der Waals surface area contributed by atoms with Crippen molar-refractivity contribution in [2.24, 2.45) is 0 Å². The summed E-state index contributed by atoms with van der Waals surface area (Å²) < 4.78 is 8.13. The fourth-order valence-corrected chi connectivity index (χ4v) is 4.12. The van der Waals surface area contributed by atoms with Gasteiger partial charge < -0.3 is 9.84 Å². The van der Waals surface area contributed by atoms with Gasteiger partial charge in [0.25, 0.3) is 11.8 Å². The predicted molar refractivity (Wildman–Crippen MR) is 132 cm³/mol. The number of benzene rings is 2. The van der Waals surface area contributed by atoms with E-state index in [1.54, 1.807) is 10.9 Å². The van der Waals surface area contributed by atoms with Crippen molar-refractivity contribution >= 4 is 32.9 Å². The number of hydrogen-bond acceptors (Lipinski definition) is 6. The third kappa shape index (κ3) is 4.22. The standard InChI is InChI=1S/C25H21BrN6O2/c1-3-21(22-29-25(34-31-22)16-8-7-9-18(26)12-16)28-24(33)17-13-20-15(2)30-32(23(20)27-14-17)19-10-5-4-6-11-19/h4-14,21H,3H2,1-2H3,(H,28,33). The zero-order valence-electron chi connectivity index (χ0n) is 18.6. The van der Waals surface area contributed by atoms with Crippen LogP contribution in [0.3, 0.4) is 0 Å². The van der Waals surface area contributed by atoms with Gasteiger partial charge in [0, 0.05) is 21.6 Å². The third-order valence-electron chi connectivity index (χ3n) is 5.51. The van der Waals surface area contributed by atoms with Crippen LogP contribution in [0.4, 0.5) is 0 Å². The van der Waals surface area contributed by atoms with Crippen molar-refractivity contribution in [1.29, 1.82) is 0 Å². The second-order valence-electron chi connectivity index (χ2n) is 7.83. The van der Waals surface area contributed by atoms with E-state index in [0.717, 1.165) is 26.8 Å². The van der Waals surface area contributed by atoms with Crippen molar-refractivity contribution in [3.05, 3.63) is 88.4 Å². The van der Waals surface area contributed by atoms with Crippen LogP contribution in [-0.4, -0.2) is 30.8 Å². The summed E-state index contributed by atoms with van der Waals surface area (Å²) in [5.41, 5.74) is 3.65. The second-order valence-corrected chi connectivity index (χ2v) is 8.75. The number of halogens is 1. The van der Waals surface area contributed by atoms with Crippen LogP contribution < -0.4 is 5.32 Å². The lowest BCUT2D eigenvalue weighted by molar-refractivity contribution is 0.0933. The maximum Gasteiger partial charge on any atom is 0.258 e. The van der Waals surface area contributed by atoms with Crippen LogP contribution >= 0.6 is 15.9 Å². The van der Waals surface area contributed by atoms with Crippen molar-refractivity contribution in [3.63, 3.8) is 0 Å². The van der Waals surface area contributed by atoms with Gasteiger partial charge in [-0.1, -0.05) is 52.3 Å². The fourth-order valence-electron chi connectivity index (χ4n) is 3.72. The Morgan fingerprint density at radius 2 is 1.97 bits per heavy atom. The highest BCUT2D eigenvalue weighted by molar-refractivity contribution is 9.10. The molecule has 3 heterocycles. The number of hydrogen-bond donors (Lipinski definition) is 1. The van der Waals surface area contributed by atoms with E-state index in [1.165, 1.54) is 0 Å². The number of pyridine rings is 1. The Hall–Kier alpha value is -3.85. The lowest BCUT2D eigenvalue weighted by Crippen LogP contribution is -2.29. The van der Waals surface area contributed by atoms with Gasteiger partial charge in [-0.25, -0.2) is 9.67 Å². The summed E-state index contributed by atoms with van der Waals surface area (Å²) in [6, 6.07) is 18.8. The molecule has 0 aliphatic carbocycles. The van der Waals surface area contributed by atoms with Gasteiger partial charge in [-0.3, -0.25) is 4.79 Å². The first kappa shape index (κ1) is 22.0. The van der Waals surface area contributed by atoms with E-state index < -0.39 is 6.04 Å². The number of fused-ring (bicyclic) bond motifs is 1. The summed E-state index contributed by atoms with van der Waals surface area (Å²) >= 11 is 3.45. The molecule has 0 radical (unpaired) electrons. The molecule has 8 nitrogen and oxygen atoms in total. The van der Waals surface area contributed by atoms with Crippen LogP contribution in [0.1, 0.15) is 41.3 Å². The van der Waals surface area contributed by atoms with Crippen molar-refractivity contribution < 1.29 is 9.32 Å². The summed E-state index contributed by atoms with van der Waals surface area (Å²) in [6.07, 6.45) is 2.16. The molecular formula is C25H21BrN6O2. The zero-order valence-corrected chi connectivity index (χ0v) is 20.2. The molecule has 1 atom stereocenters. The molecule has 9 heteroatoms. The first-order valence-corrected chi connectivity index (χ1v) is 11.6. The van der Waals surface area contributed by atoms with Crippen molar-refractivity contribution in [2.45, 2.75) is 26.3 Å². The SMILES string of the molecule is CCC(NC(=O)c1cnc2c(c1)c(C)nn2-c1ccccc1)c1noc(-c2cccc(Br)c2)n1. The van der Waals surface area contributed by atoms with E-state index in [-0.39, 0.29) is 5.91 Å². The highest BCUT2D eigenvalue weighted by atomic mass is 79.9. The Morgan fingerprint density at radius 1 is 1.15 bits per heavy atom. The maximum atomic E-state index is 13.1. The number of carbonyl (C=O) groups is 1. The fraction of sp³-hybridized carbons (Fsp3) is 0.160. The van der Waals surface area contributed by atoms with E-state index in [2.05, 4.69) is 41.5 Å². The van der Waals surface area contributed by atoms with Gasteiger partial charge in [-0.05, 0) is 49.7 Å². The molecule has 1 unspecified atom stereocenters. The Kier molecular flexibility index (Phi) is 5.93. The van der Waals surface area contributed by atoms with Gasteiger partial charge in [0.1, 0.15) is 0 Å². The number of nitrogens with zero attached hydrogens (tertiary/aromatic N) is 5. The van der Waals surface area contributed by atoms with Crippen LogP contribution in [0, 0.1) is 6.92 Å². The van der Waals surface area contributed by atoms with Crippen LogP contribution in [0.2, 0.25) is 0 Å². The molecule has 0 aliphatic heterocycles. The lowest BCUT2D eigenvalue weighted by Gasteiger charge is -2.13. The van der Waals surface area contributed by atoms with Crippen LogP contribution in [0.25, 0.3) is 28.2 Å². The van der Waals surface area contributed by atoms with Crippen LogP contribution in [-0.2, 0) is 0 Å². The van der Waals surface area contributed by atoms with Gasteiger partial charge >= 0.3 is 0 Å². The molecule has 2 aromatic carbocycles. The first-order chi connectivity index (χ1) is 16.5. The Labute approximate surface area is 204 Å². The van der Waals surface area contributed by atoms with Crippen molar-refractivity contribution in [3.8, 4) is 17.1 Å². The Bertz CT molecular complexity index is 1480. The van der Waals surface area contributed by atoms with Gasteiger partial charge in [0.15, 0.2) is 11.5 Å². The molecule has 1 amide bonds. The van der Waals surface area contributed by atoms with Gasteiger partial charge in [0.05, 0.1) is 23.0 Å². The third-order valence-corrected chi connectivity index (χ3v) is 6.00. The minimum absolute atomic E-state index is 0.262. The minimum Gasteiger partial charge on any atom is -0.342 e. The summed E-state index contributed by atoms with van der Waals surface area (Å²) in [7, 11) is 0. The summed E-state index contributed by atoms with van der Waals surface area (Å²) in [5, 5.41) is 12.5. The zero-order chi connectivity index (χ0) is 23.7. The number of para-hydroxylation sites is 1. The molecule has 3 aromatic heterocycles. The monoisotopic (exact) mass is 516 g/mol. The maximum absolute atomic E-state index is 13.1. The molecule has 0 saturated heterocycles. The normalized spacial score (nSPS) is 12.1. The highest BCUT2D eigenvalue weighted by Crippen LogP contribution is 2.25. The van der Waals surface area contributed by atoms with E-state index in [1.807, 2.05) is 74.5 Å². The quantitative estimate of drug-likeness (QED) is 0.323. The van der Waals surface area contributed by atoms with Crippen molar-refractivity contribution in [2.75, 3.05) is 0 Å². The number of aromatic nitrogens is 5.